The van der Waals surface area contributed by atoms with Crippen molar-refractivity contribution in [1.82, 2.24) is 0 Å². The smallest absolute Gasteiger partial charge is 0.248 e. The molecule has 1 heterocycles. The van der Waals surface area contributed by atoms with E-state index in [1.807, 2.05) is 89.2 Å². The lowest BCUT2D eigenvalue weighted by atomic mass is 9.99. The van der Waals surface area contributed by atoms with Crippen LogP contribution in [0, 0.1) is 13.8 Å². The van der Waals surface area contributed by atoms with E-state index in [-0.39, 0.29) is 5.91 Å². The number of furan rings is 1. The zero-order valence-electron chi connectivity index (χ0n) is 20.9. The first-order valence-corrected chi connectivity index (χ1v) is 11.9. The van der Waals surface area contributed by atoms with Crippen molar-refractivity contribution in [3.8, 4) is 22.6 Å². The summed E-state index contributed by atoms with van der Waals surface area (Å²) in [6, 6.07) is 17.8. The zero-order valence-corrected chi connectivity index (χ0v) is 20.9. The maximum absolute atomic E-state index is 12.9. The van der Waals surface area contributed by atoms with Crippen molar-refractivity contribution in [2.75, 3.05) is 18.5 Å². The van der Waals surface area contributed by atoms with Gasteiger partial charge >= 0.3 is 0 Å². The fraction of sp³-hybridized carbons (Fsp3) is 0.233. The Hall–Kier alpha value is -3.99. The molecule has 1 aromatic heterocycles. The minimum atomic E-state index is -0.183. The summed E-state index contributed by atoms with van der Waals surface area (Å²) in [4.78, 5) is 12.9. The number of hydrogen-bond donors (Lipinski definition) is 1. The van der Waals surface area contributed by atoms with Crippen molar-refractivity contribution in [3.05, 3.63) is 83.6 Å². The minimum absolute atomic E-state index is 0.183. The summed E-state index contributed by atoms with van der Waals surface area (Å²) in [6.07, 6.45) is 3.37. The van der Waals surface area contributed by atoms with Gasteiger partial charge in [-0.1, -0.05) is 24.3 Å². The molecule has 0 unspecified atom stereocenters. The van der Waals surface area contributed by atoms with Crippen LogP contribution in [0.3, 0.4) is 0 Å². The van der Waals surface area contributed by atoms with E-state index in [4.69, 9.17) is 13.9 Å². The molecule has 0 saturated heterocycles. The lowest BCUT2D eigenvalue weighted by Crippen LogP contribution is -2.10. The maximum atomic E-state index is 12.9. The molecule has 180 valence electrons. The number of fused-ring (bicyclic) bond motifs is 1. The quantitative estimate of drug-likeness (QED) is 0.271. The van der Waals surface area contributed by atoms with E-state index in [2.05, 4.69) is 5.32 Å². The number of carbonyl (C=O) groups excluding carboxylic acids is 1. The van der Waals surface area contributed by atoms with E-state index in [0.717, 1.165) is 55.8 Å². The van der Waals surface area contributed by atoms with Crippen molar-refractivity contribution in [2.45, 2.75) is 34.6 Å². The Morgan fingerprint density at radius 1 is 1.00 bits per heavy atom. The lowest BCUT2D eigenvalue weighted by molar-refractivity contribution is -0.111. The molecule has 0 aliphatic heterocycles. The standard InChI is InChI=1S/C30H31NO4/c1-6-33-23-13-11-22(12-14-23)26-18-35-29-17-28(34-7-2)24(16-25(26)29)20(4)15-30(32)31-27-10-8-9-19(3)21(27)5/h8-18H,6-7H2,1-5H3,(H,31,32)/b20-15+. The van der Waals surface area contributed by atoms with Gasteiger partial charge in [-0.05, 0) is 81.1 Å². The van der Waals surface area contributed by atoms with Crippen LogP contribution in [-0.4, -0.2) is 19.1 Å². The van der Waals surface area contributed by atoms with Crippen LogP contribution in [0.4, 0.5) is 5.69 Å². The van der Waals surface area contributed by atoms with Gasteiger partial charge in [0.15, 0.2) is 0 Å². The van der Waals surface area contributed by atoms with E-state index in [0.29, 0.717) is 19.0 Å². The van der Waals surface area contributed by atoms with Gasteiger partial charge in [0.25, 0.3) is 0 Å². The third kappa shape index (κ3) is 5.24. The monoisotopic (exact) mass is 469 g/mol. The topological polar surface area (TPSA) is 60.7 Å². The van der Waals surface area contributed by atoms with Crippen LogP contribution in [-0.2, 0) is 4.79 Å². The predicted octanol–water partition coefficient (Wildman–Crippen LogP) is 7.56. The molecule has 3 aromatic carbocycles. The molecule has 1 amide bonds. The van der Waals surface area contributed by atoms with Gasteiger partial charge in [-0.25, -0.2) is 0 Å². The summed E-state index contributed by atoms with van der Waals surface area (Å²) in [5, 5.41) is 3.96. The molecule has 4 rings (SSSR count). The highest BCUT2D eigenvalue weighted by Gasteiger charge is 2.16. The van der Waals surface area contributed by atoms with Crippen LogP contribution >= 0.6 is 0 Å². The zero-order chi connectivity index (χ0) is 24.9. The largest absolute Gasteiger partial charge is 0.494 e. The number of rotatable bonds is 8. The van der Waals surface area contributed by atoms with Crippen molar-refractivity contribution >= 4 is 28.1 Å². The molecular weight excluding hydrogens is 438 g/mol. The van der Waals surface area contributed by atoms with Crippen LogP contribution in [0.15, 0.2) is 71.4 Å². The summed E-state index contributed by atoms with van der Waals surface area (Å²) in [7, 11) is 0. The van der Waals surface area contributed by atoms with E-state index >= 15 is 0 Å². The van der Waals surface area contributed by atoms with Gasteiger partial charge in [0.1, 0.15) is 17.1 Å². The number of ether oxygens (including phenoxy) is 2. The van der Waals surface area contributed by atoms with E-state index in [1.54, 1.807) is 12.3 Å². The van der Waals surface area contributed by atoms with E-state index in [1.165, 1.54) is 0 Å². The number of hydrogen-bond acceptors (Lipinski definition) is 4. The second kappa shape index (κ2) is 10.5. The molecule has 0 saturated carbocycles. The third-order valence-corrected chi connectivity index (χ3v) is 6.09. The molecule has 5 heteroatoms. The lowest BCUT2D eigenvalue weighted by Gasteiger charge is -2.12. The van der Waals surface area contributed by atoms with E-state index < -0.39 is 0 Å². The van der Waals surface area contributed by atoms with Crippen molar-refractivity contribution < 1.29 is 18.7 Å². The molecule has 35 heavy (non-hydrogen) atoms. The molecule has 0 aliphatic rings. The van der Waals surface area contributed by atoms with E-state index in [9.17, 15) is 4.79 Å². The highest BCUT2D eigenvalue weighted by atomic mass is 16.5. The van der Waals surface area contributed by atoms with Crippen LogP contribution in [0.2, 0.25) is 0 Å². The van der Waals surface area contributed by atoms with Crippen molar-refractivity contribution in [2.24, 2.45) is 0 Å². The Labute approximate surface area is 206 Å². The molecule has 0 bridgehead atoms. The Kier molecular flexibility index (Phi) is 7.25. The number of allylic oxidation sites excluding steroid dienone is 1. The Morgan fingerprint density at radius 3 is 2.46 bits per heavy atom. The number of carbonyl (C=O) groups is 1. The Bertz CT molecular complexity index is 1380. The van der Waals surface area contributed by atoms with Gasteiger partial charge in [0, 0.05) is 34.3 Å². The molecule has 0 aliphatic carbocycles. The number of aryl methyl sites for hydroxylation is 1. The summed E-state index contributed by atoms with van der Waals surface area (Å²) in [5.74, 6) is 1.33. The maximum Gasteiger partial charge on any atom is 0.248 e. The molecular formula is C30H31NO4. The fourth-order valence-corrected chi connectivity index (χ4v) is 4.09. The second-order valence-electron chi connectivity index (χ2n) is 8.45. The average Bonchev–Trinajstić information content (AvgIpc) is 3.25. The molecule has 5 nitrogen and oxygen atoms in total. The predicted molar refractivity (Wildman–Crippen MR) is 142 cm³/mol. The molecule has 0 fully saturated rings. The SMILES string of the molecule is CCOc1ccc(-c2coc3cc(OCC)c(/C(C)=C/C(=O)Nc4cccc(C)c4C)cc23)cc1. The molecule has 4 aromatic rings. The highest BCUT2D eigenvalue weighted by molar-refractivity contribution is 6.05. The first-order chi connectivity index (χ1) is 16.9. The van der Waals surface area contributed by atoms with Gasteiger partial charge in [-0.2, -0.15) is 0 Å². The van der Waals surface area contributed by atoms with Crippen LogP contribution in [0.1, 0.15) is 37.5 Å². The van der Waals surface area contributed by atoms with Crippen LogP contribution in [0.5, 0.6) is 11.5 Å². The highest BCUT2D eigenvalue weighted by Crippen LogP contribution is 2.38. The van der Waals surface area contributed by atoms with Crippen molar-refractivity contribution in [1.29, 1.82) is 0 Å². The molecule has 0 atom stereocenters. The molecule has 0 spiro atoms. The number of benzene rings is 3. The Morgan fingerprint density at radius 2 is 1.74 bits per heavy atom. The second-order valence-corrected chi connectivity index (χ2v) is 8.45. The first kappa shape index (κ1) is 24.1. The van der Waals surface area contributed by atoms with Crippen LogP contribution in [0.25, 0.3) is 27.7 Å². The number of amides is 1. The molecule has 1 N–H and O–H groups in total. The van der Waals surface area contributed by atoms with Gasteiger partial charge in [-0.3, -0.25) is 4.79 Å². The van der Waals surface area contributed by atoms with Crippen molar-refractivity contribution in [3.63, 3.8) is 0 Å². The summed E-state index contributed by atoms with van der Waals surface area (Å²) in [5.41, 5.74) is 7.38. The summed E-state index contributed by atoms with van der Waals surface area (Å²) < 4.78 is 17.4. The molecule has 0 radical (unpaired) electrons. The number of anilines is 1. The minimum Gasteiger partial charge on any atom is -0.494 e. The normalized spacial score (nSPS) is 11.5. The first-order valence-electron chi connectivity index (χ1n) is 11.9. The summed E-state index contributed by atoms with van der Waals surface area (Å²) >= 11 is 0. The number of nitrogens with one attached hydrogen (secondary N) is 1. The third-order valence-electron chi connectivity index (χ3n) is 6.09. The fourth-order valence-electron chi connectivity index (χ4n) is 4.09. The van der Waals surface area contributed by atoms with Gasteiger partial charge in [0.2, 0.25) is 5.91 Å². The van der Waals surface area contributed by atoms with Crippen LogP contribution < -0.4 is 14.8 Å². The van der Waals surface area contributed by atoms with Gasteiger partial charge in [-0.15, -0.1) is 0 Å². The average molecular weight is 470 g/mol. The van der Waals surface area contributed by atoms with Gasteiger partial charge < -0.3 is 19.2 Å². The Balaban J connectivity index is 1.70. The summed E-state index contributed by atoms with van der Waals surface area (Å²) in [6.45, 7) is 11.0. The van der Waals surface area contributed by atoms with Gasteiger partial charge in [0.05, 0.1) is 19.5 Å².